The van der Waals surface area contributed by atoms with Crippen LogP contribution < -0.4 is 10.4 Å². The zero-order valence-corrected chi connectivity index (χ0v) is 10.9. The van der Waals surface area contributed by atoms with Gasteiger partial charge in [0.1, 0.15) is 11.4 Å². The lowest BCUT2D eigenvalue weighted by Crippen LogP contribution is -2.35. The normalized spacial score (nSPS) is 16.4. The van der Waals surface area contributed by atoms with Crippen molar-refractivity contribution in [2.45, 2.75) is 0 Å². The number of halogens is 1. The van der Waals surface area contributed by atoms with Crippen molar-refractivity contribution < 1.29 is 14.0 Å². The summed E-state index contributed by atoms with van der Waals surface area (Å²) in [4.78, 5) is 24.2. The van der Waals surface area contributed by atoms with Crippen LogP contribution in [0.3, 0.4) is 0 Å². The number of hydrogen-bond acceptors (Lipinski definition) is 2. The summed E-state index contributed by atoms with van der Waals surface area (Å²) < 4.78 is 12.9. The number of hydrogen-bond donors (Lipinski definition) is 1. The number of carbonyl (C=O) groups excluding carboxylic acids is 2. The summed E-state index contributed by atoms with van der Waals surface area (Å²) >= 11 is 0. The summed E-state index contributed by atoms with van der Waals surface area (Å²) in [7, 11) is 0. The van der Waals surface area contributed by atoms with Gasteiger partial charge in [-0.2, -0.15) is 0 Å². The predicted molar refractivity (Wildman–Crippen MR) is 76.4 cm³/mol. The van der Waals surface area contributed by atoms with Gasteiger partial charge in [0.2, 0.25) is 0 Å². The highest BCUT2D eigenvalue weighted by atomic mass is 19.1. The molecule has 5 heteroatoms. The number of benzene rings is 2. The summed E-state index contributed by atoms with van der Waals surface area (Å²) in [5, 5.41) is 1.19. The molecule has 2 aromatic carbocycles. The molecule has 1 fully saturated rings. The molecule has 0 unspecified atom stereocenters. The summed E-state index contributed by atoms with van der Waals surface area (Å²) in [5.74, 6) is -1.28. The molecule has 0 radical (unpaired) electrons. The van der Waals surface area contributed by atoms with Crippen LogP contribution in [0.4, 0.5) is 10.1 Å². The van der Waals surface area contributed by atoms with E-state index >= 15 is 0 Å². The second-order valence-electron chi connectivity index (χ2n) is 4.53. The Labute approximate surface area is 120 Å². The van der Waals surface area contributed by atoms with Gasteiger partial charge in [-0.05, 0) is 35.9 Å². The molecule has 1 heterocycles. The highest BCUT2D eigenvalue weighted by Crippen LogP contribution is 2.21. The quantitative estimate of drug-likeness (QED) is 0.678. The van der Waals surface area contributed by atoms with E-state index in [-0.39, 0.29) is 11.4 Å². The van der Waals surface area contributed by atoms with Crippen molar-refractivity contribution in [3.8, 4) is 0 Å². The molecule has 21 heavy (non-hydrogen) atoms. The van der Waals surface area contributed by atoms with Crippen molar-refractivity contribution in [3.05, 3.63) is 71.6 Å². The maximum atomic E-state index is 12.9. The number of para-hydroxylation sites is 1. The van der Waals surface area contributed by atoms with Crippen LogP contribution in [0.25, 0.3) is 6.08 Å². The molecule has 1 aliphatic rings. The van der Waals surface area contributed by atoms with Crippen molar-refractivity contribution in [3.63, 3.8) is 0 Å². The number of anilines is 1. The molecular weight excluding hydrogens is 271 g/mol. The standard InChI is InChI=1S/C16H11FN2O2/c17-12-8-6-11(7-9-12)10-14-15(20)18-19(16(14)21)13-4-2-1-3-5-13/h1-10H,(H,18,20). The molecule has 104 valence electrons. The molecular formula is C16H11FN2O2. The van der Waals surface area contributed by atoms with Crippen LogP contribution in [0.1, 0.15) is 5.56 Å². The van der Waals surface area contributed by atoms with Crippen molar-refractivity contribution in [1.82, 2.24) is 5.43 Å². The minimum absolute atomic E-state index is 0.0189. The van der Waals surface area contributed by atoms with Gasteiger partial charge in [-0.1, -0.05) is 30.3 Å². The van der Waals surface area contributed by atoms with Crippen LogP contribution in [0.5, 0.6) is 0 Å². The van der Waals surface area contributed by atoms with E-state index in [1.54, 1.807) is 24.3 Å². The highest BCUT2D eigenvalue weighted by Gasteiger charge is 2.34. The highest BCUT2D eigenvalue weighted by molar-refractivity contribution is 6.31. The van der Waals surface area contributed by atoms with Gasteiger partial charge in [0.25, 0.3) is 11.8 Å². The van der Waals surface area contributed by atoms with Gasteiger partial charge in [0.05, 0.1) is 5.69 Å². The maximum absolute atomic E-state index is 12.9. The van der Waals surface area contributed by atoms with Crippen molar-refractivity contribution in [1.29, 1.82) is 0 Å². The summed E-state index contributed by atoms with van der Waals surface area (Å²) in [6.07, 6.45) is 1.44. The molecule has 4 nitrogen and oxygen atoms in total. The first-order chi connectivity index (χ1) is 10.1. The Morgan fingerprint density at radius 1 is 0.952 bits per heavy atom. The Morgan fingerprint density at radius 2 is 1.62 bits per heavy atom. The van der Waals surface area contributed by atoms with E-state index in [1.807, 2.05) is 6.07 Å². The minimum atomic E-state index is -0.479. The predicted octanol–water partition coefficient (Wildman–Crippen LogP) is 2.29. The fraction of sp³-hybridized carbons (Fsp3) is 0. The zero-order valence-electron chi connectivity index (χ0n) is 10.9. The van der Waals surface area contributed by atoms with Crippen LogP contribution in [0, 0.1) is 5.82 Å². The Morgan fingerprint density at radius 3 is 2.29 bits per heavy atom. The van der Waals surface area contributed by atoms with Crippen LogP contribution in [-0.2, 0) is 9.59 Å². The van der Waals surface area contributed by atoms with Crippen molar-refractivity contribution in [2.75, 3.05) is 5.01 Å². The lowest BCUT2D eigenvalue weighted by molar-refractivity contribution is -0.117. The number of amides is 2. The fourth-order valence-corrected chi connectivity index (χ4v) is 2.04. The van der Waals surface area contributed by atoms with E-state index in [1.165, 1.54) is 35.4 Å². The topological polar surface area (TPSA) is 49.4 Å². The number of nitrogens with zero attached hydrogens (tertiary/aromatic N) is 1. The molecule has 1 N–H and O–H groups in total. The molecule has 1 saturated heterocycles. The van der Waals surface area contributed by atoms with Crippen LogP contribution in [0.15, 0.2) is 60.2 Å². The number of carbonyl (C=O) groups is 2. The first-order valence-electron chi connectivity index (χ1n) is 6.33. The number of hydrazine groups is 1. The van der Waals surface area contributed by atoms with Gasteiger partial charge < -0.3 is 0 Å². The second-order valence-corrected chi connectivity index (χ2v) is 4.53. The lowest BCUT2D eigenvalue weighted by Gasteiger charge is -2.13. The van der Waals surface area contributed by atoms with Gasteiger partial charge in [-0.3, -0.25) is 15.0 Å². The van der Waals surface area contributed by atoms with Gasteiger partial charge >= 0.3 is 0 Å². The minimum Gasteiger partial charge on any atom is -0.267 e. The van der Waals surface area contributed by atoms with Gasteiger partial charge in [0.15, 0.2) is 0 Å². The third-order valence-electron chi connectivity index (χ3n) is 3.09. The molecule has 0 saturated carbocycles. The number of nitrogens with one attached hydrogen (secondary N) is 1. The Kier molecular flexibility index (Phi) is 3.23. The van der Waals surface area contributed by atoms with E-state index in [9.17, 15) is 14.0 Å². The van der Waals surface area contributed by atoms with E-state index in [0.717, 1.165) is 0 Å². The van der Waals surface area contributed by atoms with Crippen LogP contribution in [0.2, 0.25) is 0 Å². The SMILES string of the molecule is O=C1NN(c2ccccc2)C(=O)C1=Cc1ccc(F)cc1. The van der Waals surface area contributed by atoms with Gasteiger partial charge in [0, 0.05) is 0 Å². The first-order valence-corrected chi connectivity index (χ1v) is 6.33. The average Bonchev–Trinajstić information content (AvgIpc) is 2.78. The fourth-order valence-electron chi connectivity index (χ4n) is 2.04. The molecule has 0 bridgehead atoms. The van der Waals surface area contributed by atoms with Crippen LogP contribution in [-0.4, -0.2) is 11.8 Å². The second kappa shape index (κ2) is 5.20. The maximum Gasteiger partial charge on any atom is 0.282 e. The van der Waals surface area contributed by atoms with E-state index in [2.05, 4.69) is 5.43 Å². The number of rotatable bonds is 2. The monoisotopic (exact) mass is 282 g/mol. The molecule has 0 aromatic heterocycles. The van der Waals surface area contributed by atoms with Crippen LogP contribution >= 0.6 is 0 Å². The van der Waals surface area contributed by atoms with Gasteiger partial charge in [-0.15, -0.1) is 0 Å². The summed E-state index contributed by atoms with van der Waals surface area (Å²) in [6.45, 7) is 0. The smallest absolute Gasteiger partial charge is 0.267 e. The average molecular weight is 282 g/mol. The first kappa shape index (κ1) is 13.1. The Balaban J connectivity index is 1.92. The molecule has 0 aliphatic carbocycles. The van der Waals surface area contributed by atoms with E-state index < -0.39 is 11.8 Å². The molecule has 2 amide bonds. The zero-order chi connectivity index (χ0) is 14.8. The third kappa shape index (κ3) is 2.53. The van der Waals surface area contributed by atoms with E-state index in [4.69, 9.17) is 0 Å². The largest absolute Gasteiger partial charge is 0.282 e. The molecule has 0 spiro atoms. The Hall–Kier alpha value is -2.95. The molecule has 1 aliphatic heterocycles. The third-order valence-corrected chi connectivity index (χ3v) is 3.09. The molecule has 2 aromatic rings. The Bertz CT molecular complexity index is 724. The van der Waals surface area contributed by atoms with E-state index in [0.29, 0.717) is 11.3 Å². The lowest BCUT2D eigenvalue weighted by atomic mass is 10.1. The van der Waals surface area contributed by atoms with Crippen molar-refractivity contribution >= 4 is 23.6 Å². The van der Waals surface area contributed by atoms with Crippen molar-refractivity contribution in [2.24, 2.45) is 0 Å². The molecule has 0 atom stereocenters. The summed E-state index contributed by atoms with van der Waals surface area (Å²) in [5.41, 5.74) is 3.69. The van der Waals surface area contributed by atoms with Gasteiger partial charge in [-0.25, -0.2) is 9.40 Å². The molecule has 3 rings (SSSR count). The summed E-state index contributed by atoms with van der Waals surface area (Å²) in [6, 6.07) is 14.4.